The molecule has 10 heavy (non-hydrogen) atoms. The van der Waals surface area contributed by atoms with Gasteiger partial charge in [-0.15, -0.1) is 0 Å². The van der Waals surface area contributed by atoms with Crippen molar-refractivity contribution in [3.05, 3.63) is 23.2 Å². The molecule has 0 saturated heterocycles. The van der Waals surface area contributed by atoms with Gasteiger partial charge < -0.3 is 9.52 Å². The van der Waals surface area contributed by atoms with Crippen molar-refractivity contribution in [2.75, 3.05) is 0 Å². The van der Waals surface area contributed by atoms with Crippen molar-refractivity contribution in [2.24, 2.45) is 0 Å². The molecule has 0 aliphatic heterocycles. The van der Waals surface area contributed by atoms with E-state index >= 15 is 0 Å². The SMILES string of the molecule is Cc1cc([C@H](C)O)c(C)o1. The van der Waals surface area contributed by atoms with Crippen molar-refractivity contribution < 1.29 is 9.52 Å². The number of furan rings is 1. The molecular weight excluding hydrogens is 128 g/mol. The van der Waals surface area contributed by atoms with Crippen LogP contribution in [0.2, 0.25) is 0 Å². The molecule has 0 bridgehead atoms. The first kappa shape index (κ1) is 7.35. The van der Waals surface area contributed by atoms with E-state index in [1.54, 1.807) is 6.92 Å². The molecule has 0 radical (unpaired) electrons. The number of aliphatic hydroxyl groups is 1. The molecule has 0 unspecified atom stereocenters. The van der Waals surface area contributed by atoms with Gasteiger partial charge in [0.25, 0.3) is 0 Å². The van der Waals surface area contributed by atoms with E-state index in [0.29, 0.717) is 0 Å². The molecule has 1 heterocycles. The summed E-state index contributed by atoms with van der Waals surface area (Å²) in [6.07, 6.45) is -0.419. The van der Waals surface area contributed by atoms with Crippen molar-refractivity contribution in [3.8, 4) is 0 Å². The van der Waals surface area contributed by atoms with E-state index in [9.17, 15) is 0 Å². The Hall–Kier alpha value is -0.760. The molecule has 0 amide bonds. The van der Waals surface area contributed by atoms with Gasteiger partial charge in [-0.1, -0.05) is 0 Å². The summed E-state index contributed by atoms with van der Waals surface area (Å²) in [5.74, 6) is 1.67. The molecule has 0 aliphatic carbocycles. The summed E-state index contributed by atoms with van der Waals surface area (Å²) in [5.41, 5.74) is 0.887. The number of rotatable bonds is 1. The molecule has 2 heteroatoms. The lowest BCUT2D eigenvalue weighted by molar-refractivity contribution is 0.197. The monoisotopic (exact) mass is 140 g/mol. The quantitative estimate of drug-likeness (QED) is 0.646. The first-order valence-corrected chi connectivity index (χ1v) is 3.36. The number of hydrogen-bond donors (Lipinski definition) is 1. The van der Waals surface area contributed by atoms with Gasteiger partial charge in [0.05, 0.1) is 6.10 Å². The highest BCUT2D eigenvalue weighted by atomic mass is 16.3. The van der Waals surface area contributed by atoms with Crippen LogP contribution in [0.1, 0.15) is 30.1 Å². The highest BCUT2D eigenvalue weighted by molar-refractivity contribution is 5.21. The average molecular weight is 140 g/mol. The molecule has 0 aromatic carbocycles. The summed E-state index contributed by atoms with van der Waals surface area (Å²) in [7, 11) is 0. The van der Waals surface area contributed by atoms with Crippen LogP contribution in [-0.2, 0) is 0 Å². The maximum Gasteiger partial charge on any atom is 0.106 e. The van der Waals surface area contributed by atoms with E-state index in [0.717, 1.165) is 17.1 Å². The summed E-state index contributed by atoms with van der Waals surface area (Å²) in [4.78, 5) is 0. The molecule has 1 N–H and O–H groups in total. The van der Waals surface area contributed by atoms with Crippen LogP contribution in [-0.4, -0.2) is 5.11 Å². The molecule has 0 saturated carbocycles. The molecule has 0 spiro atoms. The second kappa shape index (κ2) is 2.46. The van der Waals surface area contributed by atoms with Crippen molar-refractivity contribution in [1.29, 1.82) is 0 Å². The Labute approximate surface area is 60.5 Å². The van der Waals surface area contributed by atoms with Crippen LogP contribution in [0.5, 0.6) is 0 Å². The zero-order valence-corrected chi connectivity index (χ0v) is 6.51. The third kappa shape index (κ3) is 1.21. The second-order valence-electron chi connectivity index (χ2n) is 2.54. The van der Waals surface area contributed by atoms with Gasteiger partial charge in [-0.05, 0) is 26.8 Å². The van der Waals surface area contributed by atoms with E-state index in [4.69, 9.17) is 9.52 Å². The lowest BCUT2D eigenvalue weighted by atomic mass is 10.1. The molecule has 0 aliphatic rings. The molecule has 1 aromatic heterocycles. The summed E-state index contributed by atoms with van der Waals surface area (Å²) in [6, 6.07) is 1.86. The van der Waals surface area contributed by atoms with Gasteiger partial charge in [-0.25, -0.2) is 0 Å². The van der Waals surface area contributed by atoms with Crippen molar-refractivity contribution in [1.82, 2.24) is 0 Å². The topological polar surface area (TPSA) is 33.4 Å². The van der Waals surface area contributed by atoms with Crippen LogP contribution in [0.3, 0.4) is 0 Å². The summed E-state index contributed by atoms with van der Waals surface area (Å²) < 4.78 is 5.22. The Morgan fingerprint density at radius 2 is 2.10 bits per heavy atom. The minimum absolute atomic E-state index is 0.419. The fourth-order valence-electron chi connectivity index (χ4n) is 1.07. The van der Waals surface area contributed by atoms with E-state index in [1.165, 1.54) is 0 Å². The molecule has 0 fully saturated rings. The molecular formula is C8H12O2. The van der Waals surface area contributed by atoms with Crippen LogP contribution in [0, 0.1) is 13.8 Å². The normalized spacial score (nSPS) is 13.6. The Balaban J connectivity index is 3.03. The van der Waals surface area contributed by atoms with Crippen molar-refractivity contribution in [2.45, 2.75) is 26.9 Å². The average Bonchev–Trinajstić information content (AvgIpc) is 2.10. The van der Waals surface area contributed by atoms with Gasteiger partial charge >= 0.3 is 0 Å². The largest absolute Gasteiger partial charge is 0.466 e. The lowest BCUT2D eigenvalue weighted by Crippen LogP contribution is -1.89. The zero-order valence-electron chi connectivity index (χ0n) is 6.51. The number of aryl methyl sites for hydroxylation is 2. The molecule has 2 nitrogen and oxygen atoms in total. The van der Waals surface area contributed by atoms with Gasteiger partial charge in [-0.2, -0.15) is 0 Å². The predicted octanol–water partition coefficient (Wildman–Crippen LogP) is 1.95. The van der Waals surface area contributed by atoms with E-state index < -0.39 is 6.10 Å². The highest BCUT2D eigenvalue weighted by Crippen LogP contribution is 2.20. The maximum absolute atomic E-state index is 9.16. The van der Waals surface area contributed by atoms with Crippen LogP contribution in [0.15, 0.2) is 10.5 Å². The van der Waals surface area contributed by atoms with Crippen molar-refractivity contribution >= 4 is 0 Å². The fraction of sp³-hybridized carbons (Fsp3) is 0.500. The minimum atomic E-state index is -0.419. The Bertz CT molecular complexity index is 223. The van der Waals surface area contributed by atoms with Crippen LogP contribution in [0.25, 0.3) is 0 Å². The van der Waals surface area contributed by atoms with Gasteiger partial charge in [0.2, 0.25) is 0 Å². The van der Waals surface area contributed by atoms with Gasteiger partial charge in [0.1, 0.15) is 11.5 Å². The van der Waals surface area contributed by atoms with Crippen LogP contribution >= 0.6 is 0 Å². The predicted molar refractivity (Wildman–Crippen MR) is 38.8 cm³/mol. The molecule has 1 rings (SSSR count). The Morgan fingerprint density at radius 1 is 1.50 bits per heavy atom. The van der Waals surface area contributed by atoms with Gasteiger partial charge in [0.15, 0.2) is 0 Å². The van der Waals surface area contributed by atoms with Crippen LogP contribution < -0.4 is 0 Å². The number of aliphatic hydroxyl groups excluding tert-OH is 1. The molecule has 1 aromatic rings. The zero-order chi connectivity index (χ0) is 7.72. The van der Waals surface area contributed by atoms with Crippen molar-refractivity contribution in [3.63, 3.8) is 0 Å². The minimum Gasteiger partial charge on any atom is -0.466 e. The Kier molecular flexibility index (Phi) is 1.81. The summed E-state index contributed by atoms with van der Waals surface area (Å²) >= 11 is 0. The lowest BCUT2D eigenvalue weighted by Gasteiger charge is -1.98. The van der Waals surface area contributed by atoms with Crippen LogP contribution in [0.4, 0.5) is 0 Å². The first-order chi connectivity index (χ1) is 4.61. The first-order valence-electron chi connectivity index (χ1n) is 3.36. The fourth-order valence-corrected chi connectivity index (χ4v) is 1.07. The molecule has 56 valence electrons. The smallest absolute Gasteiger partial charge is 0.106 e. The third-order valence-corrected chi connectivity index (χ3v) is 1.53. The standard InChI is InChI=1S/C8H12O2/c1-5-4-8(6(2)9)7(3)10-5/h4,6,9H,1-3H3/t6-/m0/s1. The Morgan fingerprint density at radius 3 is 2.30 bits per heavy atom. The van der Waals surface area contributed by atoms with E-state index in [1.807, 2.05) is 19.9 Å². The third-order valence-electron chi connectivity index (χ3n) is 1.53. The van der Waals surface area contributed by atoms with Gasteiger partial charge in [-0.3, -0.25) is 0 Å². The highest BCUT2D eigenvalue weighted by Gasteiger charge is 2.08. The maximum atomic E-state index is 9.16. The molecule has 1 atom stereocenters. The van der Waals surface area contributed by atoms with E-state index in [-0.39, 0.29) is 0 Å². The number of hydrogen-bond acceptors (Lipinski definition) is 2. The second-order valence-corrected chi connectivity index (χ2v) is 2.54. The van der Waals surface area contributed by atoms with E-state index in [2.05, 4.69) is 0 Å². The summed E-state index contributed by atoms with van der Waals surface area (Å²) in [6.45, 7) is 5.46. The summed E-state index contributed by atoms with van der Waals surface area (Å²) in [5, 5.41) is 9.16. The van der Waals surface area contributed by atoms with Gasteiger partial charge in [0, 0.05) is 5.56 Å².